The summed E-state index contributed by atoms with van der Waals surface area (Å²) in [6.45, 7) is 4.48. The maximum absolute atomic E-state index is 10.8. The molecule has 1 fully saturated rings. The van der Waals surface area contributed by atoms with E-state index in [1.165, 1.54) is 32.1 Å². The van der Waals surface area contributed by atoms with Gasteiger partial charge in [0, 0.05) is 7.11 Å². The van der Waals surface area contributed by atoms with E-state index < -0.39 is 5.60 Å². The zero-order chi connectivity index (χ0) is 12.7. The molecule has 1 rings (SSSR count). The molecule has 17 heavy (non-hydrogen) atoms. The predicted octanol–water partition coefficient (Wildman–Crippen LogP) is 3.91. The van der Waals surface area contributed by atoms with Crippen molar-refractivity contribution in [2.45, 2.75) is 83.3 Å². The van der Waals surface area contributed by atoms with E-state index in [9.17, 15) is 5.11 Å². The van der Waals surface area contributed by atoms with E-state index in [1.807, 2.05) is 0 Å². The zero-order valence-electron chi connectivity index (χ0n) is 11.9. The summed E-state index contributed by atoms with van der Waals surface area (Å²) in [5.41, 5.74) is -0.554. The van der Waals surface area contributed by atoms with Crippen LogP contribution in [0, 0.1) is 5.92 Å². The molecule has 1 aliphatic carbocycles. The van der Waals surface area contributed by atoms with Gasteiger partial charge >= 0.3 is 0 Å². The lowest BCUT2D eigenvalue weighted by atomic mass is 9.75. The Hall–Kier alpha value is -0.0800. The van der Waals surface area contributed by atoms with E-state index in [0.717, 1.165) is 25.7 Å². The molecule has 0 amide bonds. The Labute approximate surface area is 107 Å². The highest BCUT2D eigenvalue weighted by Gasteiger charge is 2.40. The van der Waals surface area contributed by atoms with Crippen LogP contribution in [0.3, 0.4) is 0 Å². The number of unbranched alkanes of at least 4 members (excludes halogenated alkanes) is 1. The minimum absolute atomic E-state index is 0.0620. The average Bonchev–Trinajstić information content (AvgIpc) is 2.35. The third-order valence-corrected chi connectivity index (χ3v) is 4.40. The molecule has 3 atom stereocenters. The fraction of sp³-hybridized carbons (Fsp3) is 1.00. The Morgan fingerprint density at radius 3 is 2.71 bits per heavy atom. The minimum atomic E-state index is -0.554. The molecule has 0 aromatic carbocycles. The first-order valence-corrected chi connectivity index (χ1v) is 7.41. The van der Waals surface area contributed by atoms with Crippen molar-refractivity contribution in [2.75, 3.05) is 7.11 Å². The number of hydrogen-bond acceptors (Lipinski definition) is 2. The van der Waals surface area contributed by atoms with Gasteiger partial charge in [0.05, 0.1) is 11.7 Å². The van der Waals surface area contributed by atoms with Gasteiger partial charge in [-0.25, -0.2) is 0 Å². The maximum Gasteiger partial charge on any atom is 0.0910 e. The molecule has 0 spiro atoms. The van der Waals surface area contributed by atoms with Crippen molar-refractivity contribution in [1.82, 2.24) is 0 Å². The van der Waals surface area contributed by atoms with Crippen LogP contribution in [0.5, 0.6) is 0 Å². The molecule has 1 aliphatic rings. The van der Waals surface area contributed by atoms with Crippen LogP contribution in [0.25, 0.3) is 0 Å². The van der Waals surface area contributed by atoms with E-state index in [1.54, 1.807) is 7.11 Å². The standard InChI is InChI=1S/C15H30O2/c1-4-6-9-13(5-2)12-15(16)11-8-7-10-14(15)17-3/h13-14,16H,4-12H2,1-3H3. The molecule has 1 saturated carbocycles. The third kappa shape index (κ3) is 4.26. The van der Waals surface area contributed by atoms with Gasteiger partial charge in [0.25, 0.3) is 0 Å². The second-order valence-electron chi connectivity index (χ2n) is 5.69. The minimum Gasteiger partial charge on any atom is -0.387 e. The van der Waals surface area contributed by atoms with Gasteiger partial charge in [0.15, 0.2) is 0 Å². The van der Waals surface area contributed by atoms with Crippen LogP contribution < -0.4 is 0 Å². The predicted molar refractivity (Wildman–Crippen MR) is 72.1 cm³/mol. The quantitative estimate of drug-likeness (QED) is 0.733. The fourth-order valence-electron chi connectivity index (χ4n) is 3.20. The van der Waals surface area contributed by atoms with Crippen LogP contribution in [0.2, 0.25) is 0 Å². The Morgan fingerprint density at radius 2 is 2.12 bits per heavy atom. The van der Waals surface area contributed by atoms with Crippen LogP contribution in [-0.4, -0.2) is 23.9 Å². The monoisotopic (exact) mass is 242 g/mol. The summed E-state index contributed by atoms with van der Waals surface area (Å²) in [4.78, 5) is 0. The van der Waals surface area contributed by atoms with Crippen molar-refractivity contribution in [3.8, 4) is 0 Å². The molecule has 0 aliphatic heterocycles. The van der Waals surface area contributed by atoms with E-state index in [4.69, 9.17) is 4.74 Å². The zero-order valence-corrected chi connectivity index (χ0v) is 11.9. The number of ether oxygens (including phenoxy) is 1. The van der Waals surface area contributed by atoms with Crippen LogP contribution in [0.4, 0.5) is 0 Å². The van der Waals surface area contributed by atoms with Gasteiger partial charge in [-0.1, -0.05) is 52.4 Å². The molecule has 0 heterocycles. The number of rotatable bonds is 7. The van der Waals surface area contributed by atoms with Gasteiger partial charge in [-0.15, -0.1) is 0 Å². The molecule has 0 bridgehead atoms. The summed E-state index contributed by atoms with van der Waals surface area (Å²) in [7, 11) is 1.74. The Balaban J connectivity index is 2.54. The summed E-state index contributed by atoms with van der Waals surface area (Å²) < 4.78 is 5.51. The molecule has 1 N–H and O–H groups in total. The smallest absolute Gasteiger partial charge is 0.0910 e. The van der Waals surface area contributed by atoms with Gasteiger partial charge in [0.1, 0.15) is 0 Å². The molecule has 102 valence electrons. The second-order valence-corrected chi connectivity index (χ2v) is 5.69. The van der Waals surface area contributed by atoms with Crippen LogP contribution in [0.1, 0.15) is 71.6 Å². The van der Waals surface area contributed by atoms with Gasteiger partial charge in [-0.2, -0.15) is 0 Å². The highest BCUT2D eigenvalue weighted by Crippen LogP contribution is 2.37. The molecule has 3 unspecified atom stereocenters. The van der Waals surface area contributed by atoms with Gasteiger partial charge in [-0.3, -0.25) is 0 Å². The third-order valence-electron chi connectivity index (χ3n) is 4.40. The van der Waals surface area contributed by atoms with Crippen LogP contribution in [-0.2, 0) is 4.74 Å². The molecule has 0 aromatic heterocycles. The first-order chi connectivity index (χ1) is 8.16. The highest BCUT2D eigenvalue weighted by atomic mass is 16.5. The maximum atomic E-state index is 10.8. The van der Waals surface area contributed by atoms with Gasteiger partial charge in [-0.05, 0) is 25.2 Å². The van der Waals surface area contributed by atoms with Crippen LogP contribution >= 0.6 is 0 Å². The Kier molecular flexibility index (Phi) is 6.50. The number of methoxy groups -OCH3 is 1. The lowest BCUT2D eigenvalue weighted by molar-refractivity contribution is -0.128. The largest absolute Gasteiger partial charge is 0.387 e. The molecule has 0 radical (unpaired) electrons. The number of aliphatic hydroxyl groups is 1. The molecular formula is C15H30O2. The van der Waals surface area contributed by atoms with E-state index in [0.29, 0.717) is 5.92 Å². The van der Waals surface area contributed by atoms with Crippen molar-refractivity contribution in [3.63, 3.8) is 0 Å². The normalized spacial score (nSPS) is 31.4. The van der Waals surface area contributed by atoms with Crippen molar-refractivity contribution in [1.29, 1.82) is 0 Å². The lowest BCUT2D eigenvalue weighted by Gasteiger charge is -2.41. The van der Waals surface area contributed by atoms with Crippen LogP contribution in [0.15, 0.2) is 0 Å². The summed E-state index contributed by atoms with van der Waals surface area (Å²) >= 11 is 0. The van der Waals surface area contributed by atoms with Gasteiger partial charge in [0.2, 0.25) is 0 Å². The second kappa shape index (κ2) is 7.38. The van der Waals surface area contributed by atoms with Crippen molar-refractivity contribution in [2.24, 2.45) is 5.92 Å². The highest BCUT2D eigenvalue weighted by molar-refractivity contribution is 4.92. The molecule has 2 nitrogen and oxygen atoms in total. The summed E-state index contributed by atoms with van der Waals surface area (Å²) in [5, 5.41) is 10.8. The molecule has 2 heteroatoms. The SMILES string of the molecule is CCCCC(CC)CC1(O)CCCCC1OC. The first kappa shape index (κ1) is 15.0. The molecule has 0 saturated heterocycles. The van der Waals surface area contributed by atoms with E-state index >= 15 is 0 Å². The Morgan fingerprint density at radius 1 is 1.35 bits per heavy atom. The fourth-order valence-corrected chi connectivity index (χ4v) is 3.20. The molecular weight excluding hydrogens is 212 g/mol. The average molecular weight is 242 g/mol. The van der Waals surface area contributed by atoms with E-state index in [2.05, 4.69) is 13.8 Å². The summed E-state index contributed by atoms with van der Waals surface area (Å²) in [6.07, 6.45) is 10.3. The number of hydrogen-bond donors (Lipinski definition) is 1. The topological polar surface area (TPSA) is 29.5 Å². The first-order valence-electron chi connectivity index (χ1n) is 7.41. The van der Waals surface area contributed by atoms with E-state index in [-0.39, 0.29) is 6.10 Å². The van der Waals surface area contributed by atoms with Crippen molar-refractivity contribution in [3.05, 3.63) is 0 Å². The summed E-state index contributed by atoms with van der Waals surface area (Å²) in [6, 6.07) is 0. The molecule has 0 aromatic rings. The van der Waals surface area contributed by atoms with Crippen molar-refractivity contribution >= 4 is 0 Å². The summed E-state index contributed by atoms with van der Waals surface area (Å²) in [5.74, 6) is 0.663. The lowest BCUT2D eigenvalue weighted by Crippen LogP contribution is -2.47. The van der Waals surface area contributed by atoms with Gasteiger partial charge < -0.3 is 9.84 Å². The van der Waals surface area contributed by atoms with Crippen molar-refractivity contribution < 1.29 is 9.84 Å². The Bertz CT molecular complexity index is 205.